The standard InChI is InChI=1S/C10H18O2/c1-8(2)7-10(5-4-6-10)9(11)12-3/h8H,4-7H2,1-3H3. The minimum Gasteiger partial charge on any atom is -0.469 e. The van der Waals surface area contributed by atoms with E-state index in [4.69, 9.17) is 4.74 Å². The van der Waals surface area contributed by atoms with Crippen LogP contribution >= 0.6 is 0 Å². The second kappa shape index (κ2) is 3.46. The van der Waals surface area contributed by atoms with E-state index in [9.17, 15) is 4.79 Å². The van der Waals surface area contributed by atoms with Crippen molar-refractivity contribution in [2.45, 2.75) is 39.5 Å². The van der Waals surface area contributed by atoms with Gasteiger partial charge in [0.25, 0.3) is 0 Å². The quantitative estimate of drug-likeness (QED) is 0.608. The number of carbonyl (C=O) groups is 1. The number of ether oxygens (including phenoxy) is 1. The molecule has 1 saturated carbocycles. The van der Waals surface area contributed by atoms with Gasteiger partial charge in [0.2, 0.25) is 0 Å². The summed E-state index contributed by atoms with van der Waals surface area (Å²) in [5, 5.41) is 0. The zero-order valence-corrected chi connectivity index (χ0v) is 8.22. The van der Waals surface area contributed by atoms with Crippen LogP contribution in [0.3, 0.4) is 0 Å². The van der Waals surface area contributed by atoms with E-state index in [0.29, 0.717) is 5.92 Å². The fourth-order valence-electron chi connectivity index (χ4n) is 2.09. The molecule has 0 N–H and O–H groups in total. The zero-order valence-electron chi connectivity index (χ0n) is 8.22. The molecular weight excluding hydrogens is 152 g/mol. The van der Waals surface area contributed by atoms with Gasteiger partial charge >= 0.3 is 5.97 Å². The van der Waals surface area contributed by atoms with E-state index in [1.54, 1.807) is 0 Å². The zero-order chi connectivity index (χ0) is 9.19. The van der Waals surface area contributed by atoms with Gasteiger partial charge in [-0.3, -0.25) is 4.79 Å². The monoisotopic (exact) mass is 170 g/mol. The van der Waals surface area contributed by atoms with Crippen LogP contribution in [0.2, 0.25) is 0 Å². The summed E-state index contributed by atoms with van der Waals surface area (Å²) in [6.07, 6.45) is 4.22. The molecule has 0 aromatic heterocycles. The Labute approximate surface area is 74.3 Å². The van der Waals surface area contributed by atoms with Crippen molar-refractivity contribution in [3.05, 3.63) is 0 Å². The summed E-state index contributed by atoms with van der Waals surface area (Å²) in [6.45, 7) is 4.31. The van der Waals surface area contributed by atoms with E-state index in [0.717, 1.165) is 19.3 Å². The van der Waals surface area contributed by atoms with Crippen LogP contribution in [0.4, 0.5) is 0 Å². The number of carbonyl (C=O) groups excluding carboxylic acids is 1. The lowest BCUT2D eigenvalue weighted by Crippen LogP contribution is -2.39. The lowest BCUT2D eigenvalue weighted by Gasteiger charge is -2.40. The first-order valence-electron chi connectivity index (χ1n) is 4.69. The molecule has 0 amide bonds. The predicted octanol–water partition coefficient (Wildman–Crippen LogP) is 2.38. The van der Waals surface area contributed by atoms with Crippen LogP contribution in [0.1, 0.15) is 39.5 Å². The summed E-state index contributed by atoms with van der Waals surface area (Å²) < 4.78 is 4.82. The molecule has 1 aliphatic rings. The van der Waals surface area contributed by atoms with Crippen LogP contribution in [0, 0.1) is 11.3 Å². The second-order valence-electron chi connectivity index (χ2n) is 4.22. The maximum atomic E-state index is 11.4. The highest BCUT2D eigenvalue weighted by atomic mass is 16.5. The van der Waals surface area contributed by atoms with E-state index < -0.39 is 0 Å². The molecule has 0 heterocycles. The van der Waals surface area contributed by atoms with Gasteiger partial charge in [-0.15, -0.1) is 0 Å². The molecule has 0 radical (unpaired) electrons. The van der Waals surface area contributed by atoms with Gasteiger partial charge in [-0.1, -0.05) is 20.3 Å². The smallest absolute Gasteiger partial charge is 0.311 e. The molecule has 2 nitrogen and oxygen atoms in total. The van der Waals surface area contributed by atoms with Crippen molar-refractivity contribution in [2.75, 3.05) is 7.11 Å². The lowest BCUT2D eigenvalue weighted by molar-refractivity contribution is -0.159. The Bertz CT molecular complexity index is 169. The molecular formula is C10H18O2. The third-order valence-corrected chi connectivity index (χ3v) is 2.73. The highest BCUT2D eigenvalue weighted by Crippen LogP contribution is 2.46. The Morgan fingerprint density at radius 1 is 1.50 bits per heavy atom. The normalized spacial score (nSPS) is 20.3. The molecule has 0 spiro atoms. The van der Waals surface area contributed by atoms with E-state index in [1.165, 1.54) is 13.5 Å². The van der Waals surface area contributed by atoms with Crippen LogP contribution < -0.4 is 0 Å². The Hall–Kier alpha value is -0.530. The van der Waals surface area contributed by atoms with Gasteiger partial charge in [0.05, 0.1) is 12.5 Å². The molecule has 0 aromatic carbocycles. The van der Waals surface area contributed by atoms with Crippen LogP contribution in [-0.2, 0) is 9.53 Å². The van der Waals surface area contributed by atoms with Crippen LogP contribution in [0.5, 0.6) is 0 Å². The van der Waals surface area contributed by atoms with E-state index in [1.807, 2.05) is 0 Å². The van der Waals surface area contributed by atoms with Crippen LogP contribution in [0.25, 0.3) is 0 Å². The predicted molar refractivity (Wildman–Crippen MR) is 47.8 cm³/mol. The summed E-state index contributed by atoms with van der Waals surface area (Å²) in [5.41, 5.74) is -0.108. The Balaban J connectivity index is 2.56. The molecule has 0 saturated heterocycles. The molecule has 12 heavy (non-hydrogen) atoms. The van der Waals surface area contributed by atoms with Gasteiger partial charge in [-0.25, -0.2) is 0 Å². The molecule has 0 atom stereocenters. The topological polar surface area (TPSA) is 26.3 Å². The number of rotatable bonds is 3. The first-order chi connectivity index (χ1) is 5.60. The summed E-state index contributed by atoms with van der Waals surface area (Å²) in [5.74, 6) is 0.590. The largest absolute Gasteiger partial charge is 0.469 e. The molecule has 2 heteroatoms. The lowest BCUT2D eigenvalue weighted by atomic mass is 9.64. The van der Waals surface area contributed by atoms with Crippen molar-refractivity contribution in [3.8, 4) is 0 Å². The maximum absolute atomic E-state index is 11.4. The molecule has 0 bridgehead atoms. The van der Waals surface area contributed by atoms with Crippen LogP contribution in [0.15, 0.2) is 0 Å². The Morgan fingerprint density at radius 3 is 2.33 bits per heavy atom. The number of methoxy groups -OCH3 is 1. The summed E-state index contributed by atoms with van der Waals surface area (Å²) >= 11 is 0. The molecule has 0 aromatic rings. The fourth-order valence-corrected chi connectivity index (χ4v) is 2.09. The van der Waals surface area contributed by atoms with Crippen molar-refractivity contribution < 1.29 is 9.53 Å². The maximum Gasteiger partial charge on any atom is 0.311 e. The molecule has 1 rings (SSSR count). The van der Waals surface area contributed by atoms with Gasteiger partial charge in [0.1, 0.15) is 0 Å². The van der Waals surface area contributed by atoms with Gasteiger partial charge in [0, 0.05) is 0 Å². The second-order valence-corrected chi connectivity index (χ2v) is 4.22. The van der Waals surface area contributed by atoms with E-state index in [-0.39, 0.29) is 11.4 Å². The van der Waals surface area contributed by atoms with Gasteiger partial charge in [-0.05, 0) is 25.2 Å². The fraction of sp³-hybridized carbons (Fsp3) is 0.900. The third-order valence-electron chi connectivity index (χ3n) is 2.73. The van der Waals surface area contributed by atoms with Gasteiger partial charge in [-0.2, -0.15) is 0 Å². The van der Waals surface area contributed by atoms with Crippen molar-refractivity contribution in [3.63, 3.8) is 0 Å². The SMILES string of the molecule is COC(=O)C1(CC(C)C)CCC1. The average molecular weight is 170 g/mol. The Kier molecular flexibility index (Phi) is 2.76. The van der Waals surface area contributed by atoms with Crippen molar-refractivity contribution in [1.82, 2.24) is 0 Å². The highest BCUT2D eigenvalue weighted by molar-refractivity contribution is 5.77. The van der Waals surface area contributed by atoms with Gasteiger partial charge < -0.3 is 4.74 Å². The summed E-state index contributed by atoms with van der Waals surface area (Å²) in [6, 6.07) is 0. The number of hydrogen-bond donors (Lipinski definition) is 0. The minimum absolute atomic E-state index is 0.00227. The van der Waals surface area contributed by atoms with Crippen molar-refractivity contribution >= 4 is 5.97 Å². The number of esters is 1. The minimum atomic E-state index is -0.108. The van der Waals surface area contributed by atoms with Crippen LogP contribution in [-0.4, -0.2) is 13.1 Å². The first kappa shape index (κ1) is 9.56. The van der Waals surface area contributed by atoms with E-state index >= 15 is 0 Å². The van der Waals surface area contributed by atoms with Gasteiger partial charge in [0.15, 0.2) is 0 Å². The molecule has 0 unspecified atom stereocenters. The highest BCUT2D eigenvalue weighted by Gasteiger charge is 2.45. The number of hydrogen-bond acceptors (Lipinski definition) is 2. The first-order valence-corrected chi connectivity index (χ1v) is 4.69. The molecule has 0 aliphatic heterocycles. The average Bonchev–Trinajstić information content (AvgIpc) is 1.95. The molecule has 70 valence electrons. The third kappa shape index (κ3) is 1.62. The molecule has 1 fully saturated rings. The van der Waals surface area contributed by atoms with Crippen molar-refractivity contribution in [2.24, 2.45) is 11.3 Å². The Morgan fingerprint density at radius 2 is 2.08 bits per heavy atom. The van der Waals surface area contributed by atoms with Crippen molar-refractivity contribution in [1.29, 1.82) is 0 Å². The summed E-state index contributed by atoms with van der Waals surface area (Å²) in [7, 11) is 1.49. The summed E-state index contributed by atoms with van der Waals surface area (Å²) in [4.78, 5) is 11.4. The van der Waals surface area contributed by atoms with E-state index in [2.05, 4.69) is 13.8 Å². The molecule has 1 aliphatic carbocycles.